The molecule has 0 aliphatic carbocycles. The SMILES string of the molecule is CC1=C=C(C(=O)C(=O)N2CCCCC2)C=C(C)N1c1ccc(Cl)cc1. The van der Waals surface area contributed by atoms with E-state index in [0.717, 1.165) is 36.3 Å². The van der Waals surface area contributed by atoms with E-state index in [4.69, 9.17) is 11.6 Å². The molecule has 4 nitrogen and oxygen atoms in total. The van der Waals surface area contributed by atoms with Crippen LogP contribution in [0.25, 0.3) is 0 Å². The average Bonchev–Trinajstić information content (AvgIpc) is 2.62. The van der Waals surface area contributed by atoms with Gasteiger partial charge in [0.1, 0.15) is 0 Å². The van der Waals surface area contributed by atoms with Crippen LogP contribution >= 0.6 is 11.6 Å². The van der Waals surface area contributed by atoms with Crippen LogP contribution in [0, 0.1) is 0 Å². The second-order valence-corrected chi connectivity index (χ2v) is 6.84. The van der Waals surface area contributed by atoms with E-state index in [1.165, 1.54) is 0 Å². The number of allylic oxidation sites excluding steroid dienone is 2. The topological polar surface area (TPSA) is 40.6 Å². The van der Waals surface area contributed by atoms with Crippen LogP contribution < -0.4 is 4.90 Å². The number of anilines is 1. The lowest BCUT2D eigenvalue weighted by molar-refractivity contribution is -0.143. The number of nitrogens with zero attached hydrogens (tertiary/aromatic N) is 2. The van der Waals surface area contributed by atoms with Gasteiger partial charge in [0.15, 0.2) is 0 Å². The summed E-state index contributed by atoms with van der Waals surface area (Å²) in [5, 5.41) is 0.669. The molecule has 5 heteroatoms. The third kappa shape index (κ3) is 3.71. The monoisotopic (exact) mass is 356 g/mol. The number of amides is 1. The standard InChI is InChI=1S/C20H21ClN2O2/c1-14-12-16(19(24)20(25)22-10-4-3-5-11-22)13-15(2)23(14)18-8-6-17(21)7-9-18/h6-9,12H,3-5,10-11H2,1-2H3. The van der Waals surface area contributed by atoms with Gasteiger partial charge in [-0.25, -0.2) is 0 Å². The van der Waals surface area contributed by atoms with Gasteiger partial charge in [-0.1, -0.05) is 17.3 Å². The fourth-order valence-electron chi connectivity index (χ4n) is 3.29. The first-order valence-electron chi connectivity index (χ1n) is 8.52. The molecule has 2 heterocycles. The van der Waals surface area contributed by atoms with Gasteiger partial charge in [-0.3, -0.25) is 9.59 Å². The van der Waals surface area contributed by atoms with E-state index in [9.17, 15) is 9.59 Å². The van der Waals surface area contributed by atoms with Gasteiger partial charge in [-0.15, -0.1) is 0 Å². The minimum Gasteiger partial charge on any atom is -0.336 e. The van der Waals surface area contributed by atoms with Gasteiger partial charge in [0.25, 0.3) is 11.7 Å². The maximum absolute atomic E-state index is 12.6. The van der Waals surface area contributed by atoms with E-state index < -0.39 is 11.7 Å². The second-order valence-electron chi connectivity index (χ2n) is 6.40. The first-order chi connectivity index (χ1) is 12.0. The summed E-state index contributed by atoms with van der Waals surface area (Å²) in [5.41, 5.74) is 6.00. The summed E-state index contributed by atoms with van der Waals surface area (Å²) in [6.45, 7) is 5.13. The summed E-state index contributed by atoms with van der Waals surface area (Å²) in [6, 6.07) is 7.47. The molecule has 3 rings (SSSR count). The van der Waals surface area contributed by atoms with Crippen LogP contribution in [0.3, 0.4) is 0 Å². The number of hydrogen-bond acceptors (Lipinski definition) is 3. The van der Waals surface area contributed by atoms with Crippen molar-refractivity contribution in [1.82, 2.24) is 4.90 Å². The quantitative estimate of drug-likeness (QED) is 0.605. The summed E-state index contributed by atoms with van der Waals surface area (Å²) in [4.78, 5) is 28.7. The zero-order valence-electron chi connectivity index (χ0n) is 14.5. The molecule has 0 bridgehead atoms. The Morgan fingerprint density at radius 1 is 1.04 bits per heavy atom. The third-order valence-electron chi connectivity index (χ3n) is 4.52. The minimum absolute atomic E-state index is 0.329. The molecule has 0 saturated carbocycles. The predicted molar refractivity (Wildman–Crippen MR) is 99.3 cm³/mol. The maximum atomic E-state index is 12.6. The van der Waals surface area contributed by atoms with Gasteiger partial charge in [0.2, 0.25) is 0 Å². The highest BCUT2D eigenvalue weighted by atomic mass is 35.5. The van der Waals surface area contributed by atoms with Crippen molar-refractivity contribution >= 4 is 29.0 Å². The van der Waals surface area contributed by atoms with Crippen molar-refractivity contribution in [3.8, 4) is 0 Å². The van der Waals surface area contributed by atoms with E-state index in [1.807, 2.05) is 43.0 Å². The smallest absolute Gasteiger partial charge is 0.295 e. The summed E-state index contributed by atoms with van der Waals surface area (Å²) >= 11 is 5.95. The lowest BCUT2D eigenvalue weighted by Crippen LogP contribution is -2.40. The van der Waals surface area contributed by atoms with Gasteiger partial charge in [0.05, 0.1) is 11.3 Å². The van der Waals surface area contributed by atoms with Crippen molar-refractivity contribution in [2.24, 2.45) is 0 Å². The molecule has 25 heavy (non-hydrogen) atoms. The number of rotatable bonds is 3. The number of carbonyl (C=O) groups is 2. The van der Waals surface area contributed by atoms with Crippen LogP contribution in [-0.2, 0) is 9.59 Å². The number of benzene rings is 1. The number of halogens is 1. The molecule has 0 spiro atoms. The molecule has 1 aromatic carbocycles. The van der Waals surface area contributed by atoms with E-state index in [2.05, 4.69) is 5.73 Å². The number of carbonyl (C=O) groups excluding carboxylic acids is 2. The highest BCUT2D eigenvalue weighted by molar-refractivity contribution is 6.43. The highest BCUT2D eigenvalue weighted by Gasteiger charge is 2.27. The van der Waals surface area contributed by atoms with Crippen LogP contribution in [0.4, 0.5) is 5.69 Å². The maximum Gasteiger partial charge on any atom is 0.295 e. The van der Waals surface area contributed by atoms with Crippen molar-refractivity contribution in [2.45, 2.75) is 33.1 Å². The van der Waals surface area contributed by atoms with Gasteiger partial charge in [-0.05, 0) is 63.5 Å². The molecule has 0 radical (unpaired) electrons. The Balaban J connectivity index is 1.87. The van der Waals surface area contributed by atoms with Gasteiger partial charge >= 0.3 is 0 Å². The molecule has 0 N–H and O–H groups in total. The van der Waals surface area contributed by atoms with Crippen LogP contribution in [0.15, 0.2) is 53.0 Å². The van der Waals surface area contributed by atoms with Crippen molar-refractivity contribution < 1.29 is 9.59 Å². The molecule has 1 saturated heterocycles. The Morgan fingerprint density at radius 3 is 2.28 bits per heavy atom. The lowest BCUT2D eigenvalue weighted by Gasteiger charge is -2.29. The van der Waals surface area contributed by atoms with Crippen LogP contribution in [0.1, 0.15) is 33.1 Å². The fraction of sp³-hybridized carbons (Fsp3) is 0.350. The van der Waals surface area contributed by atoms with E-state index in [1.54, 1.807) is 11.0 Å². The van der Waals surface area contributed by atoms with Gasteiger partial charge in [0, 0.05) is 29.5 Å². The summed E-state index contributed by atoms with van der Waals surface area (Å²) in [7, 11) is 0. The molecule has 0 aromatic heterocycles. The molecule has 1 amide bonds. The summed E-state index contributed by atoms with van der Waals surface area (Å²) in [5.74, 6) is -0.893. The van der Waals surface area contributed by atoms with Crippen LogP contribution in [-0.4, -0.2) is 29.7 Å². The molecule has 2 aliphatic rings. The molecule has 0 unspecified atom stereocenters. The van der Waals surface area contributed by atoms with E-state index in [0.29, 0.717) is 23.7 Å². The molecule has 130 valence electrons. The van der Waals surface area contributed by atoms with E-state index in [-0.39, 0.29) is 0 Å². The normalized spacial score (nSPS) is 17.6. The van der Waals surface area contributed by atoms with Gasteiger partial charge in [-0.2, -0.15) is 0 Å². The number of Topliss-reactive ketones (excluding diaryl/α,β-unsaturated/α-hetero) is 1. The molecular weight excluding hydrogens is 336 g/mol. The fourth-order valence-corrected chi connectivity index (χ4v) is 3.42. The predicted octanol–water partition coefficient (Wildman–Crippen LogP) is 4.07. The van der Waals surface area contributed by atoms with Crippen molar-refractivity contribution in [1.29, 1.82) is 0 Å². The molecule has 2 aliphatic heterocycles. The summed E-state index contributed by atoms with van der Waals surface area (Å²) < 4.78 is 0. The second kappa shape index (κ2) is 7.30. The van der Waals surface area contributed by atoms with E-state index >= 15 is 0 Å². The lowest BCUT2D eigenvalue weighted by atomic mass is 10.0. The first kappa shape index (κ1) is 17.5. The number of hydrogen-bond donors (Lipinski definition) is 0. The minimum atomic E-state index is -0.476. The summed E-state index contributed by atoms with van der Waals surface area (Å²) in [6.07, 6.45) is 4.78. The number of likely N-dealkylation sites (tertiary alicyclic amines) is 1. The molecular formula is C20H21ClN2O2. The molecule has 1 fully saturated rings. The van der Waals surface area contributed by atoms with Crippen LogP contribution in [0.2, 0.25) is 5.02 Å². The number of ketones is 1. The molecule has 1 aromatic rings. The highest BCUT2D eigenvalue weighted by Crippen LogP contribution is 2.28. The Labute approximate surface area is 153 Å². The Morgan fingerprint density at radius 2 is 1.68 bits per heavy atom. The Bertz CT molecular complexity index is 795. The average molecular weight is 357 g/mol. The van der Waals surface area contributed by atoms with Crippen molar-refractivity contribution in [2.75, 3.05) is 18.0 Å². The molecule has 0 atom stereocenters. The first-order valence-corrected chi connectivity index (χ1v) is 8.90. The van der Waals surface area contributed by atoms with Crippen LogP contribution in [0.5, 0.6) is 0 Å². The van der Waals surface area contributed by atoms with Crippen molar-refractivity contribution in [3.05, 3.63) is 58.1 Å². The Kier molecular flexibility index (Phi) is 5.12. The Hall–Kier alpha value is -2.29. The van der Waals surface area contributed by atoms with Gasteiger partial charge < -0.3 is 9.80 Å². The number of piperidine rings is 1. The third-order valence-corrected chi connectivity index (χ3v) is 4.78. The zero-order chi connectivity index (χ0) is 18.0. The largest absolute Gasteiger partial charge is 0.336 e. The zero-order valence-corrected chi connectivity index (χ0v) is 15.3. The van der Waals surface area contributed by atoms with Crippen molar-refractivity contribution in [3.63, 3.8) is 0 Å².